The van der Waals surface area contributed by atoms with Gasteiger partial charge in [0.25, 0.3) is 0 Å². The predicted molar refractivity (Wildman–Crippen MR) is 150 cm³/mol. The number of carbonyl (C=O) groups excluding carboxylic acids is 3. The number of rotatable bonds is 12. The second kappa shape index (κ2) is 14.4. The molecule has 37 heavy (non-hydrogen) atoms. The zero-order chi connectivity index (χ0) is 28.5. The van der Waals surface area contributed by atoms with Crippen molar-refractivity contribution in [2.24, 2.45) is 5.92 Å². The van der Waals surface area contributed by atoms with Gasteiger partial charge in [-0.2, -0.15) is 0 Å². The van der Waals surface area contributed by atoms with Gasteiger partial charge in [0.15, 0.2) is 0 Å². The number of nitrogens with one attached hydrogen (secondary N) is 2. The van der Waals surface area contributed by atoms with Gasteiger partial charge in [-0.05, 0) is 86.1 Å². The van der Waals surface area contributed by atoms with Crippen molar-refractivity contribution < 1.29 is 19.1 Å². The largest absolute Gasteiger partial charge is 0.444 e. The molecule has 210 valence electrons. The van der Waals surface area contributed by atoms with E-state index in [9.17, 15) is 14.4 Å². The van der Waals surface area contributed by atoms with E-state index in [2.05, 4.69) is 37.5 Å². The topological polar surface area (TPSA) is 87.7 Å². The second-order valence-electron chi connectivity index (χ2n) is 12.0. The number of hydrogen-bond acceptors (Lipinski definition) is 4. The maximum Gasteiger partial charge on any atom is 0.408 e. The number of nitrogens with zero attached hydrogens (tertiary/aromatic N) is 1. The average molecular weight is 518 g/mol. The Morgan fingerprint density at radius 2 is 1.46 bits per heavy atom. The number of carbonyl (C=O) groups is 3. The monoisotopic (exact) mass is 517 g/mol. The first-order valence-corrected chi connectivity index (χ1v) is 13.8. The van der Waals surface area contributed by atoms with Crippen LogP contribution in [0.15, 0.2) is 18.2 Å². The summed E-state index contributed by atoms with van der Waals surface area (Å²) in [6, 6.07) is 4.06. The summed E-state index contributed by atoms with van der Waals surface area (Å²) in [6.07, 6.45) is 2.78. The molecule has 0 aliphatic heterocycles. The lowest BCUT2D eigenvalue weighted by Crippen LogP contribution is -2.55. The zero-order valence-corrected chi connectivity index (χ0v) is 25.0. The molecule has 0 aliphatic rings. The molecule has 7 heteroatoms. The van der Waals surface area contributed by atoms with E-state index in [1.807, 2.05) is 39.8 Å². The zero-order valence-electron chi connectivity index (χ0n) is 25.0. The van der Waals surface area contributed by atoms with E-state index in [0.717, 1.165) is 42.4 Å². The van der Waals surface area contributed by atoms with Crippen molar-refractivity contribution in [2.75, 3.05) is 0 Å². The van der Waals surface area contributed by atoms with Crippen LogP contribution in [0.5, 0.6) is 0 Å². The molecule has 7 nitrogen and oxygen atoms in total. The maximum atomic E-state index is 14.0. The molecule has 1 aromatic rings. The van der Waals surface area contributed by atoms with E-state index in [1.165, 1.54) is 0 Å². The number of ether oxygens (including phenoxy) is 1. The van der Waals surface area contributed by atoms with Crippen molar-refractivity contribution in [3.05, 3.63) is 34.9 Å². The van der Waals surface area contributed by atoms with Crippen LogP contribution in [-0.4, -0.2) is 46.5 Å². The first-order chi connectivity index (χ1) is 17.0. The van der Waals surface area contributed by atoms with Crippen LogP contribution in [-0.2, 0) is 14.3 Å². The quantitative estimate of drug-likeness (QED) is 0.345. The van der Waals surface area contributed by atoms with Crippen LogP contribution in [0.1, 0.15) is 111 Å². The summed E-state index contributed by atoms with van der Waals surface area (Å²) in [6.45, 7) is 21.3. The Labute approximate surface area is 225 Å². The van der Waals surface area contributed by atoms with Gasteiger partial charge < -0.3 is 20.3 Å². The molecule has 0 spiro atoms. The molecule has 0 aromatic heterocycles. The number of benzene rings is 1. The van der Waals surface area contributed by atoms with E-state index in [0.29, 0.717) is 5.92 Å². The summed E-state index contributed by atoms with van der Waals surface area (Å²) < 4.78 is 5.38. The Bertz CT molecular complexity index is 886. The molecular weight excluding hydrogens is 466 g/mol. The van der Waals surface area contributed by atoms with Crippen LogP contribution in [0.3, 0.4) is 0 Å². The standard InChI is InChI=1S/C30H51N3O4/c1-12-13-22(6)31-27(34)26(25-17-20(4)16-21(5)18-25)33(23(7)15-14-19(2)3)28(35)24(8)32-29(36)37-30(9,10)11/h16-19,22-24,26H,12-15H2,1-11H3,(H,31,34)(H,32,36). The average Bonchev–Trinajstić information content (AvgIpc) is 2.72. The van der Waals surface area contributed by atoms with Crippen molar-refractivity contribution in [2.45, 2.75) is 132 Å². The second-order valence-corrected chi connectivity index (χ2v) is 12.0. The highest BCUT2D eigenvalue weighted by Crippen LogP contribution is 2.29. The van der Waals surface area contributed by atoms with Gasteiger partial charge in [0.2, 0.25) is 11.8 Å². The maximum absolute atomic E-state index is 14.0. The highest BCUT2D eigenvalue weighted by atomic mass is 16.6. The fourth-order valence-electron chi connectivity index (χ4n) is 4.52. The molecular formula is C30H51N3O4. The number of aryl methyl sites for hydroxylation is 2. The van der Waals surface area contributed by atoms with Gasteiger partial charge in [-0.25, -0.2) is 4.79 Å². The summed E-state index contributed by atoms with van der Waals surface area (Å²) in [4.78, 5) is 42.0. The molecule has 2 N–H and O–H groups in total. The molecule has 1 aromatic carbocycles. The number of alkyl carbamates (subject to hydrolysis) is 1. The molecule has 0 heterocycles. The smallest absolute Gasteiger partial charge is 0.408 e. The van der Waals surface area contributed by atoms with Crippen molar-refractivity contribution >= 4 is 17.9 Å². The first kappa shape index (κ1) is 32.5. The van der Waals surface area contributed by atoms with Crippen molar-refractivity contribution in [3.63, 3.8) is 0 Å². The molecule has 4 unspecified atom stereocenters. The van der Waals surface area contributed by atoms with Crippen LogP contribution >= 0.6 is 0 Å². The minimum atomic E-state index is -0.870. The summed E-state index contributed by atoms with van der Waals surface area (Å²) in [7, 11) is 0. The van der Waals surface area contributed by atoms with E-state index < -0.39 is 23.8 Å². The third-order valence-corrected chi connectivity index (χ3v) is 6.19. The number of amides is 3. The molecule has 1 rings (SSSR count). The van der Waals surface area contributed by atoms with Gasteiger partial charge >= 0.3 is 6.09 Å². The van der Waals surface area contributed by atoms with Gasteiger partial charge in [-0.3, -0.25) is 9.59 Å². The van der Waals surface area contributed by atoms with Crippen LogP contribution in [0.25, 0.3) is 0 Å². The van der Waals surface area contributed by atoms with Gasteiger partial charge in [0.1, 0.15) is 17.7 Å². The molecule has 0 aliphatic carbocycles. The molecule has 0 fully saturated rings. The molecule has 0 radical (unpaired) electrons. The Hall–Kier alpha value is -2.57. The molecule has 0 saturated heterocycles. The third kappa shape index (κ3) is 11.1. The van der Waals surface area contributed by atoms with Crippen LogP contribution < -0.4 is 10.6 Å². The summed E-state index contributed by atoms with van der Waals surface area (Å²) in [5.41, 5.74) is 2.13. The Morgan fingerprint density at radius 1 is 0.892 bits per heavy atom. The first-order valence-electron chi connectivity index (χ1n) is 13.8. The molecule has 4 atom stereocenters. The minimum absolute atomic E-state index is 0.0221. The van der Waals surface area contributed by atoms with Crippen LogP contribution in [0.2, 0.25) is 0 Å². The van der Waals surface area contributed by atoms with E-state index in [4.69, 9.17) is 4.74 Å². The van der Waals surface area contributed by atoms with Crippen molar-refractivity contribution in [3.8, 4) is 0 Å². The lowest BCUT2D eigenvalue weighted by Gasteiger charge is -2.39. The SMILES string of the molecule is CCCC(C)NC(=O)C(c1cc(C)cc(C)c1)N(C(=O)C(C)NC(=O)OC(C)(C)C)C(C)CCC(C)C. The van der Waals surface area contributed by atoms with Gasteiger partial charge in [0.05, 0.1) is 0 Å². The molecule has 0 saturated carbocycles. The summed E-state index contributed by atoms with van der Waals surface area (Å²) in [5.74, 6) is -0.0699. The lowest BCUT2D eigenvalue weighted by molar-refractivity contribution is -0.145. The fraction of sp³-hybridized carbons (Fsp3) is 0.700. The summed E-state index contributed by atoms with van der Waals surface area (Å²) in [5, 5.41) is 5.82. The molecule has 0 bridgehead atoms. The van der Waals surface area contributed by atoms with Crippen molar-refractivity contribution in [1.82, 2.24) is 15.5 Å². The predicted octanol–water partition coefficient (Wildman–Crippen LogP) is 6.22. The highest BCUT2D eigenvalue weighted by Gasteiger charge is 2.38. The fourth-order valence-corrected chi connectivity index (χ4v) is 4.52. The van der Waals surface area contributed by atoms with Crippen LogP contribution in [0.4, 0.5) is 4.79 Å². The number of hydrogen-bond donors (Lipinski definition) is 2. The van der Waals surface area contributed by atoms with Gasteiger partial charge in [0, 0.05) is 12.1 Å². The normalized spacial score (nSPS) is 14.9. The Morgan fingerprint density at radius 3 is 1.95 bits per heavy atom. The minimum Gasteiger partial charge on any atom is -0.444 e. The van der Waals surface area contributed by atoms with E-state index >= 15 is 0 Å². The Kier molecular flexibility index (Phi) is 12.6. The Balaban J connectivity index is 3.53. The highest BCUT2D eigenvalue weighted by molar-refractivity contribution is 5.92. The summed E-state index contributed by atoms with van der Waals surface area (Å²) >= 11 is 0. The van der Waals surface area contributed by atoms with E-state index in [1.54, 1.807) is 32.6 Å². The van der Waals surface area contributed by atoms with Crippen LogP contribution in [0, 0.1) is 19.8 Å². The lowest BCUT2D eigenvalue weighted by atomic mass is 9.95. The van der Waals surface area contributed by atoms with E-state index in [-0.39, 0.29) is 23.9 Å². The third-order valence-electron chi connectivity index (χ3n) is 6.19. The van der Waals surface area contributed by atoms with Gasteiger partial charge in [-0.1, -0.05) is 56.5 Å². The van der Waals surface area contributed by atoms with Gasteiger partial charge in [-0.15, -0.1) is 0 Å². The van der Waals surface area contributed by atoms with Crippen molar-refractivity contribution in [1.29, 1.82) is 0 Å². The molecule has 3 amide bonds.